The molecule has 0 unspecified atom stereocenters. The maximum atomic E-state index is 12.8. The van der Waals surface area contributed by atoms with E-state index in [1.165, 1.54) is 82.0 Å². The van der Waals surface area contributed by atoms with Crippen LogP contribution in [0.3, 0.4) is 0 Å². The van der Waals surface area contributed by atoms with E-state index in [0.29, 0.717) is 45.0 Å². The summed E-state index contributed by atoms with van der Waals surface area (Å²) < 4.78 is 1.42. The summed E-state index contributed by atoms with van der Waals surface area (Å²) in [4.78, 5) is 18.1. The number of para-hydroxylation sites is 8. The molecule has 0 fully saturated rings. The van der Waals surface area contributed by atoms with Gasteiger partial charge in [0.15, 0.2) is 0 Å². The van der Waals surface area contributed by atoms with Crippen LogP contribution in [-0.2, 0) is 60.6 Å². The number of unbranched alkanes of at least 4 members (excludes halogenated alkanes) is 4. The number of aliphatic imine (C=N–C) groups is 4. The van der Waals surface area contributed by atoms with Crippen molar-refractivity contribution >= 4 is 70.8 Å². The maximum Gasteiger partial charge on any atom is 2.00 e. The SMILES string of the molecule is CC(C)(C)c1cccc(C=Nc2ccccc2N=Cc2cccc(C(C)(C)C)c2[O-])c1[O-].CC(C)(C)c1cccc(C=Nc2ccccc2N=Cc2cccc(C(C)(C)C)c2[O-])c1[O-].CCCC[N+](CCCC)(CCCC)CCCC.ClCCl.[OH-].[Zn+2].[Zn+2]. The first kappa shape index (κ1) is 81.9. The molecule has 0 aliphatic carbocycles. The minimum Gasteiger partial charge on any atom is -0.872 e. The fourth-order valence-corrected chi connectivity index (χ4v) is 9.55. The molecule has 0 saturated carbocycles. The van der Waals surface area contributed by atoms with E-state index in [9.17, 15) is 20.4 Å². The Morgan fingerprint density at radius 3 is 0.690 bits per heavy atom. The Labute approximate surface area is 560 Å². The van der Waals surface area contributed by atoms with Crippen LogP contribution < -0.4 is 20.4 Å². The fourth-order valence-electron chi connectivity index (χ4n) is 9.55. The third-order valence-electron chi connectivity index (χ3n) is 14.5. The van der Waals surface area contributed by atoms with E-state index in [0.717, 1.165) is 22.3 Å². The molecule has 0 radical (unpaired) electrons. The molecule has 0 aliphatic rings. The summed E-state index contributed by atoms with van der Waals surface area (Å²) in [5, 5.41) is 51.5. The third kappa shape index (κ3) is 26.9. The van der Waals surface area contributed by atoms with Crippen molar-refractivity contribution < 1.29 is 69.3 Å². The van der Waals surface area contributed by atoms with Crippen LogP contribution in [-0.4, -0.2) is 66.3 Å². The molecule has 10 nitrogen and oxygen atoms in total. The zero-order chi connectivity index (χ0) is 62.7. The van der Waals surface area contributed by atoms with Gasteiger partial charge in [0, 0.05) is 24.9 Å². The maximum absolute atomic E-state index is 12.8. The van der Waals surface area contributed by atoms with Crippen molar-refractivity contribution in [1.29, 1.82) is 0 Å². The van der Waals surface area contributed by atoms with E-state index >= 15 is 0 Å². The van der Waals surface area contributed by atoms with Gasteiger partial charge in [0.1, 0.15) is 0 Å². The van der Waals surface area contributed by atoms with Crippen molar-refractivity contribution in [2.75, 3.05) is 31.5 Å². The molecule has 0 atom stereocenters. The second-order valence-electron chi connectivity index (χ2n) is 25.7. The first-order chi connectivity index (χ1) is 39.6. The van der Waals surface area contributed by atoms with Gasteiger partial charge in [-0.25, -0.2) is 0 Å². The molecule has 14 heteroatoms. The Morgan fingerprint density at radius 1 is 0.345 bits per heavy atom. The molecular weight excluding hydrogens is 1230 g/mol. The molecule has 0 spiro atoms. The summed E-state index contributed by atoms with van der Waals surface area (Å²) in [7, 11) is 0. The van der Waals surface area contributed by atoms with Gasteiger partial charge in [0.2, 0.25) is 0 Å². The van der Waals surface area contributed by atoms with Gasteiger partial charge >= 0.3 is 39.0 Å². The van der Waals surface area contributed by atoms with Gasteiger partial charge in [0.25, 0.3) is 0 Å². The first-order valence-corrected chi connectivity index (χ1v) is 31.2. The van der Waals surface area contributed by atoms with Gasteiger partial charge < -0.3 is 30.4 Å². The average molecular weight is 1330 g/mol. The van der Waals surface area contributed by atoms with Crippen LogP contribution in [0.25, 0.3) is 0 Å². The smallest absolute Gasteiger partial charge is 0.872 e. The average Bonchev–Trinajstić information content (AvgIpc) is 3.24. The number of nitrogens with zero attached hydrogens (tertiary/aromatic N) is 5. The predicted molar refractivity (Wildman–Crippen MR) is 358 cm³/mol. The van der Waals surface area contributed by atoms with E-state index in [2.05, 4.69) is 47.7 Å². The normalized spacial score (nSPS) is 11.9. The molecular formula is C73H99Cl2N5O5Zn2. The largest absolute Gasteiger partial charge is 2.00 e. The first-order valence-electron chi connectivity index (χ1n) is 30.2. The van der Waals surface area contributed by atoms with Gasteiger partial charge in [-0.3, -0.25) is 20.0 Å². The fraction of sp³-hybridized carbons (Fsp3) is 0.452. The Morgan fingerprint density at radius 2 is 0.529 bits per heavy atom. The van der Waals surface area contributed by atoms with Crippen molar-refractivity contribution in [1.82, 2.24) is 0 Å². The zero-order valence-corrected chi connectivity index (χ0v) is 63.0. The van der Waals surface area contributed by atoms with Crippen LogP contribution in [0.5, 0.6) is 23.0 Å². The number of quaternary nitrogens is 1. The van der Waals surface area contributed by atoms with Gasteiger partial charge in [-0.05, 0) is 116 Å². The minimum absolute atomic E-state index is 0. The van der Waals surface area contributed by atoms with Gasteiger partial charge in [-0.15, -0.1) is 23.2 Å². The molecule has 6 aromatic carbocycles. The van der Waals surface area contributed by atoms with E-state index in [1.54, 1.807) is 49.1 Å². The topological polar surface area (TPSA) is 172 Å². The van der Waals surface area contributed by atoms with Crippen LogP contribution in [0.2, 0.25) is 0 Å². The van der Waals surface area contributed by atoms with Crippen LogP contribution in [0.1, 0.15) is 207 Å². The summed E-state index contributed by atoms with van der Waals surface area (Å²) in [6.45, 7) is 39.3. The molecule has 0 saturated heterocycles. The summed E-state index contributed by atoms with van der Waals surface area (Å²) in [6.07, 6.45) is 17.4. The molecule has 0 bridgehead atoms. The van der Waals surface area contributed by atoms with E-state index < -0.39 is 0 Å². The van der Waals surface area contributed by atoms with E-state index in [1.807, 2.05) is 180 Å². The monoisotopic (exact) mass is 1320 g/mol. The van der Waals surface area contributed by atoms with Crippen LogP contribution in [0, 0.1) is 0 Å². The Hall–Kier alpha value is -5.05. The van der Waals surface area contributed by atoms with Crippen molar-refractivity contribution in [2.45, 2.75) is 184 Å². The van der Waals surface area contributed by atoms with Gasteiger partial charge in [0.05, 0.1) is 54.3 Å². The van der Waals surface area contributed by atoms with Gasteiger partial charge in [-0.1, -0.05) is 257 Å². The molecule has 0 heterocycles. The van der Waals surface area contributed by atoms with Crippen molar-refractivity contribution in [2.24, 2.45) is 20.0 Å². The molecule has 0 aromatic heterocycles. The quantitative estimate of drug-likeness (QED) is 0.0320. The number of benzene rings is 6. The van der Waals surface area contributed by atoms with Crippen LogP contribution in [0.4, 0.5) is 22.7 Å². The Bertz CT molecular complexity index is 2670. The second-order valence-corrected chi connectivity index (χ2v) is 26.5. The van der Waals surface area contributed by atoms with Crippen molar-refractivity contribution in [3.8, 4) is 23.0 Å². The van der Waals surface area contributed by atoms with Crippen LogP contribution >= 0.6 is 23.2 Å². The summed E-state index contributed by atoms with van der Waals surface area (Å²) >= 11 is 9.53. The third-order valence-corrected chi connectivity index (χ3v) is 14.5. The number of hydrogen-bond acceptors (Lipinski definition) is 9. The second kappa shape index (κ2) is 39.8. The summed E-state index contributed by atoms with van der Waals surface area (Å²) in [5.74, 6) is -0.0566. The summed E-state index contributed by atoms with van der Waals surface area (Å²) in [5.41, 5.74) is 6.76. The summed E-state index contributed by atoms with van der Waals surface area (Å²) in [6, 6.07) is 36.9. The minimum atomic E-state index is -0.235. The molecule has 6 rings (SSSR count). The number of alkyl halides is 2. The molecule has 464 valence electrons. The zero-order valence-electron chi connectivity index (χ0n) is 55.5. The molecule has 0 amide bonds. The molecule has 87 heavy (non-hydrogen) atoms. The Kier molecular flexibility index (Phi) is 37.5. The van der Waals surface area contributed by atoms with Crippen LogP contribution in [0.15, 0.2) is 141 Å². The molecule has 6 aromatic rings. The number of rotatable bonds is 20. The predicted octanol–water partition coefficient (Wildman–Crippen LogP) is 18.1. The number of halogens is 2. The number of hydrogen-bond donors (Lipinski definition) is 0. The molecule has 0 aliphatic heterocycles. The van der Waals surface area contributed by atoms with Crippen molar-refractivity contribution in [3.05, 3.63) is 166 Å². The Balaban J connectivity index is 0.00000128. The molecule has 1 N–H and O–H groups in total. The van der Waals surface area contributed by atoms with Gasteiger partial charge in [-0.2, -0.15) is 0 Å². The van der Waals surface area contributed by atoms with Crippen molar-refractivity contribution in [3.63, 3.8) is 0 Å². The standard InChI is InChI=1S/2C28H32N2O2.C16H36N.CH2Cl2.H2O.2Zn/c2*1-27(2,3)21-13-9-11-19(25(21)31)17-29-23-15-7-8-16-24(23)30-18-20-12-10-14-22(26(20)32)28(4,5)6;1-5-9-13-17(14-10-6-2,15-11-7-3)16-12-8-4;2-1-3;;;/h2*7-18,31-32H,1-6H3;5-16H2,1-4H3;1H2;1H2;;/q;;+1;;;2*+2/p-5. The van der Waals surface area contributed by atoms with E-state index in [-0.39, 0.29) is 94.4 Å². The van der Waals surface area contributed by atoms with E-state index in [4.69, 9.17) is 23.2 Å².